The van der Waals surface area contributed by atoms with Gasteiger partial charge < -0.3 is 10.2 Å². The van der Waals surface area contributed by atoms with E-state index in [1.807, 2.05) is 12.3 Å². The van der Waals surface area contributed by atoms with Crippen molar-refractivity contribution in [2.24, 2.45) is 0 Å². The third kappa shape index (κ3) is 3.02. The van der Waals surface area contributed by atoms with Crippen molar-refractivity contribution in [1.82, 2.24) is 15.2 Å². The number of nitrogens with one attached hydrogen (secondary N) is 1. The van der Waals surface area contributed by atoms with E-state index < -0.39 is 0 Å². The van der Waals surface area contributed by atoms with Crippen LogP contribution in [0.5, 0.6) is 0 Å². The maximum atomic E-state index is 11.1. The number of nitrogens with zero attached hydrogens (tertiary/aromatic N) is 2. The molecule has 0 atom stereocenters. The molecule has 72 valence electrons. The van der Waals surface area contributed by atoms with Crippen molar-refractivity contribution < 1.29 is 4.79 Å². The summed E-state index contributed by atoms with van der Waals surface area (Å²) in [6.45, 7) is 2.45. The average molecular weight is 199 g/mol. The van der Waals surface area contributed by atoms with E-state index >= 15 is 0 Å². The van der Waals surface area contributed by atoms with E-state index in [1.165, 1.54) is 4.90 Å². The number of thiazole rings is 1. The van der Waals surface area contributed by atoms with Gasteiger partial charge in [0.15, 0.2) is 0 Å². The van der Waals surface area contributed by atoms with Gasteiger partial charge in [0.1, 0.15) is 5.01 Å². The van der Waals surface area contributed by atoms with Crippen molar-refractivity contribution in [3.63, 3.8) is 0 Å². The van der Waals surface area contributed by atoms with E-state index in [2.05, 4.69) is 10.3 Å². The van der Waals surface area contributed by atoms with Gasteiger partial charge in [-0.15, -0.1) is 11.3 Å². The maximum absolute atomic E-state index is 11.1. The van der Waals surface area contributed by atoms with E-state index in [0.29, 0.717) is 6.54 Å². The summed E-state index contributed by atoms with van der Waals surface area (Å²) in [5, 5.41) is 5.65. The Bertz CT molecular complexity index is 295. The zero-order valence-electron chi connectivity index (χ0n) is 8.00. The Kier molecular flexibility index (Phi) is 3.25. The SMILES string of the molecule is Cc1csc(CNC(=O)N(C)C)n1. The van der Waals surface area contributed by atoms with Gasteiger partial charge in [-0.05, 0) is 6.92 Å². The molecule has 0 saturated heterocycles. The Balaban J connectivity index is 2.39. The fourth-order valence-electron chi connectivity index (χ4n) is 0.793. The van der Waals surface area contributed by atoms with Crippen LogP contribution in [0.25, 0.3) is 0 Å². The van der Waals surface area contributed by atoms with Crippen molar-refractivity contribution >= 4 is 17.4 Å². The molecule has 0 bridgehead atoms. The summed E-state index contributed by atoms with van der Waals surface area (Å²) < 4.78 is 0. The van der Waals surface area contributed by atoms with E-state index in [0.717, 1.165) is 10.7 Å². The highest BCUT2D eigenvalue weighted by Gasteiger charge is 2.03. The van der Waals surface area contributed by atoms with Gasteiger partial charge in [0.2, 0.25) is 0 Å². The van der Waals surface area contributed by atoms with Crippen LogP contribution in [0.15, 0.2) is 5.38 Å². The quantitative estimate of drug-likeness (QED) is 0.778. The van der Waals surface area contributed by atoms with Gasteiger partial charge in [-0.1, -0.05) is 0 Å². The summed E-state index contributed by atoms with van der Waals surface area (Å²) in [7, 11) is 3.42. The summed E-state index contributed by atoms with van der Waals surface area (Å²) in [4.78, 5) is 16.8. The first-order chi connectivity index (χ1) is 6.09. The minimum Gasteiger partial charge on any atom is -0.331 e. The van der Waals surface area contributed by atoms with Crippen molar-refractivity contribution in [2.45, 2.75) is 13.5 Å². The predicted octanol–water partition coefficient (Wildman–Crippen LogP) is 1.22. The smallest absolute Gasteiger partial charge is 0.317 e. The first-order valence-corrected chi connectivity index (χ1v) is 4.83. The van der Waals surface area contributed by atoms with Gasteiger partial charge in [0, 0.05) is 25.2 Å². The van der Waals surface area contributed by atoms with Gasteiger partial charge in [-0.3, -0.25) is 0 Å². The zero-order chi connectivity index (χ0) is 9.84. The topological polar surface area (TPSA) is 45.2 Å². The first-order valence-electron chi connectivity index (χ1n) is 3.95. The highest BCUT2D eigenvalue weighted by molar-refractivity contribution is 7.09. The van der Waals surface area contributed by atoms with Crippen LogP contribution in [0, 0.1) is 6.92 Å². The molecule has 1 aromatic heterocycles. The second-order valence-electron chi connectivity index (χ2n) is 2.94. The van der Waals surface area contributed by atoms with E-state index in [9.17, 15) is 4.79 Å². The minimum atomic E-state index is -0.0900. The van der Waals surface area contributed by atoms with E-state index in [1.54, 1.807) is 25.4 Å². The molecule has 1 aromatic rings. The number of carbonyl (C=O) groups excluding carboxylic acids is 1. The van der Waals surface area contributed by atoms with Crippen LogP contribution in [-0.4, -0.2) is 30.0 Å². The highest BCUT2D eigenvalue weighted by atomic mass is 32.1. The molecule has 2 amide bonds. The van der Waals surface area contributed by atoms with E-state index in [-0.39, 0.29) is 6.03 Å². The summed E-state index contributed by atoms with van der Waals surface area (Å²) in [5.41, 5.74) is 0.999. The fourth-order valence-corrected chi connectivity index (χ4v) is 1.50. The summed E-state index contributed by atoms with van der Waals surface area (Å²) >= 11 is 1.56. The molecule has 1 N–H and O–H groups in total. The minimum absolute atomic E-state index is 0.0900. The van der Waals surface area contributed by atoms with Gasteiger partial charge in [-0.2, -0.15) is 0 Å². The Hall–Kier alpha value is -1.10. The molecular formula is C8H13N3OS. The van der Waals surface area contributed by atoms with Crippen molar-refractivity contribution in [1.29, 1.82) is 0 Å². The molecule has 0 aliphatic carbocycles. The first kappa shape index (κ1) is 9.98. The lowest BCUT2D eigenvalue weighted by Gasteiger charge is -2.10. The summed E-state index contributed by atoms with van der Waals surface area (Å²) in [6, 6.07) is -0.0900. The zero-order valence-corrected chi connectivity index (χ0v) is 8.81. The molecule has 5 heteroatoms. The molecule has 0 spiro atoms. The monoisotopic (exact) mass is 199 g/mol. The Morgan fingerprint density at radius 3 is 2.85 bits per heavy atom. The number of hydrogen-bond donors (Lipinski definition) is 1. The standard InChI is InChI=1S/C8H13N3OS/c1-6-5-13-7(10-6)4-9-8(12)11(2)3/h5H,4H2,1-3H3,(H,9,12). The van der Waals surface area contributed by atoms with Crippen molar-refractivity contribution in [3.05, 3.63) is 16.1 Å². The molecule has 0 saturated carbocycles. The molecule has 1 heterocycles. The fraction of sp³-hybridized carbons (Fsp3) is 0.500. The van der Waals surface area contributed by atoms with Gasteiger partial charge in [0.05, 0.1) is 6.54 Å². The van der Waals surface area contributed by atoms with E-state index in [4.69, 9.17) is 0 Å². The Labute approximate surface area is 81.6 Å². The Morgan fingerprint density at radius 1 is 1.69 bits per heavy atom. The van der Waals surface area contributed by atoms with Crippen LogP contribution < -0.4 is 5.32 Å². The van der Waals surface area contributed by atoms with Gasteiger partial charge >= 0.3 is 6.03 Å². The summed E-state index contributed by atoms with van der Waals surface area (Å²) in [6.07, 6.45) is 0. The highest BCUT2D eigenvalue weighted by Crippen LogP contribution is 2.07. The Morgan fingerprint density at radius 2 is 2.38 bits per heavy atom. The number of aryl methyl sites for hydroxylation is 1. The molecule has 4 nitrogen and oxygen atoms in total. The molecule has 1 rings (SSSR count). The second-order valence-corrected chi connectivity index (χ2v) is 3.88. The second kappa shape index (κ2) is 4.23. The molecule has 0 aliphatic heterocycles. The van der Waals surface area contributed by atoms with Gasteiger partial charge in [-0.25, -0.2) is 9.78 Å². The third-order valence-electron chi connectivity index (χ3n) is 1.46. The maximum Gasteiger partial charge on any atom is 0.317 e. The molecule has 0 aliphatic rings. The van der Waals surface area contributed by atoms with Crippen molar-refractivity contribution in [3.8, 4) is 0 Å². The number of urea groups is 1. The number of hydrogen-bond acceptors (Lipinski definition) is 3. The van der Waals surface area contributed by atoms with Crippen LogP contribution in [0.4, 0.5) is 4.79 Å². The molecule has 0 unspecified atom stereocenters. The molecule has 13 heavy (non-hydrogen) atoms. The summed E-state index contributed by atoms with van der Waals surface area (Å²) in [5.74, 6) is 0. The van der Waals surface area contributed by atoms with Gasteiger partial charge in [0.25, 0.3) is 0 Å². The molecule has 0 aromatic carbocycles. The van der Waals surface area contributed by atoms with Crippen LogP contribution in [-0.2, 0) is 6.54 Å². The van der Waals surface area contributed by atoms with Crippen LogP contribution in [0.2, 0.25) is 0 Å². The number of carbonyl (C=O) groups is 1. The third-order valence-corrected chi connectivity index (χ3v) is 2.43. The van der Waals surface area contributed by atoms with Crippen molar-refractivity contribution in [2.75, 3.05) is 14.1 Å². The molecule has 0 radical (unpaired) electrons. The lowest BCUT2D eigenvalue weighted by Crippen LogP contribution is -2.33. The largest absolute Gasteiger partial charge is 0.331 e. The molecular weight excluding hydrogens is 186 g/mol. The number of aromatic nitrogens is 1. The normalized spacial score (nSPS) is 9.77. The number of rotatable bonds is 2. The van der Waals surface area contributed by atoms with Crippen LogP contribution in [0.3, 0.4) is 0 Å². The lowest BCUT2D eigenvalue weighted by atomic mass is 10.6. The lowest BCUT2D eigenvalue weighted by molar-refractivity contribution is 0.217. The molecule has 0 fully saturated rings. The number of amides is 2. The predicted molar refractivity (Wildman–Crippen MR) is 52.8 cm³/mol. The van der Waals surface area contributed by atoms with Crippen LogP contribution in [0.1, 0.15) is 10.7 Å². The average Bonchev–Trinajstić information content (AvgIpc) is 2.47. The van der Waals surface area contributed by atoms with Crippen LogP contribution >= 0.6 is 11.3 Å².